The second kappa shape index (κ2) is 7.21. The summed E-state index contributed by atoms with van der Waals surface area (Å²) in [6.45, 7) is 12.7. The molecule has 0 aliphatic heterocycles. The molecule has 0 bridgehead atoms. The lowest BCUT2D eigenvalue weighted by Crippen LogP contribution is -1.94. The van der Waals surface area contributed by atoms with E-state index in [9.17, 15) is 4.79 Å². The smallest absolute Gasteiger partial charge is 0.143 e. The minimum atomic E-state index is 0.502. The van der Waals surface area contributed by atoms with Crippen LogP contribution in [-0.4, -0.2) is 6.29 Å². The molecule has 0 heterocycles. The Morgan fingerprint density at radius 3 is 1.50 bits per heavy atom. The third kappa shape index (κ3) is 5.69. The van der Waals surface area contributed by atoms with Gasteiger partial charge in [-0.05, 0) is 48.5 Å². The third-order valence-corrected chi connectivity index (χ3v) is 2.25. The molecule has 0 aromatic rings. The lowest BCUT2D eigenvalue weighted by molar-refractivity contribution is -0.104. The zero-order chi connectivity index (χ0) is 12.7. The van der Waals surface area contributed by atoms with Crippen LogP contribution >= 0.6 is 0 Å². The summed E-state index contributed by atoms with van der Waals surface area (Å²) in [7, 11) is 0. The van der Waals surface area contributed by atoms with Crippen LogP contribution in [0.15, 0.2) is 34.9 Å². The van der Waals surface area contributed by atoms with E-state index in [1.807, 2.05) is 0 Å². The molecule has 0 saturated carbocycles. The van der Waals surface area contributed by atoms with Gasteiger partial charge in [0.2, 0.25) is 0 Å². The molecule has 0 N–H and O–H groups in total. The molecule has 0 radical (unpaired) electrons. The maximum absolute atomic E-state index is 10.7. The highest BCUT2D eigenvalue weighted by Gasteiger charge is 2.04. The molecule has 0 unspecified atom stereocenters. The molecule has 0 rings (SSSR count). The lowest BCUT2D eigenvalue weighted by atomic mass is 9.95. The minimum Gasteiger partial charge on any atom is -0.299 e. The molecule has 0 aromatic carbocycles. The van der Waals surface area contributed by atoms with Crippen LogP contribution in [0.5, 0.6) is 0 Å². The highest BCUT2D eigenvalue weighted by atomic mass is 16.1. The van der Waals surface area contributed by atoms with E-state index in [0.717, 1.165) is 11.9 Å². The van der Waals surface area contributed by atoms with Crippen LogP contribution < -0.4 is 0 Å². The van der Waals surface area contributed by atoms with E-state index in [2.05, 4.69) is 53.7 Å². The predicted molar refractivity (Wildman–Crippen MR) is 71.3 cm³/mol. The van der Waals surface area contributed by atoms with Crippen LogP contribution in [0, 0.1) is 11.8 Å². The molecule has 0 aliphatic carbocycles. The fourth-order valence-corrected chi connectivity index (χ4v) is 1.82. The van der Waals surface area contributed by atoms with Crippen molar-refractivity contribution in [1.29, 1.82) is 0 Å². The first-order valence-corrected chi connectivity index (χ1v) is 5.91. The van der Waals surface area contributed by atoms with E-state index in [0.29, 0.717) is 11.8 Å². The molecule has 1 nitrogen and oxygen atoms in total. The number of carbonyl (C=O) groups excluding carboxylic acids is 1. The van der Waals surface area contributed by atoms with Gasteiger partial charge in [0, 0.05) is 0 Å². The van der Waals surface area contributed by atoms with Gasteiger partial charge in [-0.3, -0.25) is 4.79 Å². The number of carbonyl (C=O) groups is 1. The Morgan fingerprint density at radius 2 is 1.25 bits per heavy atom. The van der Waals surface area contributed by atoms with E-state index in [4.69, 9.17) is 0 Å². The van der Waals surface area contributed by atoms with Gasteiger partial charge in [-0.1, -0.05) is 39.8 Å². The van der Waals surface area contributed by atoms with Gasteiger partial charge in [-0.2, -0.15) is 0 Å². The van der Waals surface area contributed by atoms with Crippen molar-refractivity contribution < 1.29 is 4.79 Å². The van der Waals surface area contributed by atoms with E-state index in [1.165, 1.54) is 11.1 Å². The number of hydrogen-bond acceptors (Lipinski definition) is 1. The van der Waals surface area contributed by atoms with Crippen molar-refractivity contribution in [2.75, 3.05) is 0 Å². The number of aldehydes is 1. The van der Waals surface area contributed by atoms with E-state index in [-0.39, 0.29) is 0 Å². The van der Waals surface area contributed by atoms with Crippen molar-refractivity contribution in [3.63, 3.8) is 0 Å². The lowest BCUT2D eigenvalue weighted by Gasteiger charge is -2.10. The Bertz CT molecular complexity index is 288. The van der Waals surface area contributed by atoms with E-state index >= 15 is 0 Å². The molecule has 16 heavy (non-hydrogen) atoms. The molecule has 0 atom stereocenters. The number of allylic oxidation sites excluding steroid dienone is 6. The SMILES string of the molecule is C/C(=C\C(C)C)C(=CC=O)/C(C)=C/C(C)C. The summed E-state index contributed by atoms with van der Waals surface area (Å²) in [5, 5.41) is 0. The van der Waals surface area contributed by atoms with Crippen LogP contribution in [0.2, 0.25) is 0 Å². The van der Waals surface area contributed by atoms with Crippen molar-refractivity contribution in [1.82, 2.24) is 0 Å². The zero-order valence-electron chi connectivity index (χ0n) is 11.4. The summed E-state index contributed by atoms with van der Waals surface area (Å²) in [4.78, 5) is 10.7. The first-order valence-electron chi connectivity index (χ1n) is 5.91. The molecule has 90 valence electrons. The second-order valence-corrected chi connectivity index (χ2v) is 4.90. The molecule has 0 fully saturated rings. The Kier molecular flexibility index (Phi) is 6.71. The molecule has 0 saturated heterocycles. The highest BCUT2D eigenvalue weighted by Crippen LogP contribution is 2.21. The number of hydrogen-bond donors (Lipinski definition) is 0. The Balaban J connectivity index is 5.19. The van der Waals surface area contributed by atoms with Crippen LogP contribution in [0.1, 0.15) is 41.5 Å². The normalized spacial score (nSPS) is 13.2. The average molecular weight is 220 g/mol. The highest BCUT2D eigenvalue weighted by molar-refractivity contribution is 5.70. The molecule has 1 heteroatoms. The Morgan fingerprint density at radius 1 is 0.875 bits per heavy atom. The summed E-state index contributed by atoms with van der Waals surface area (Å²) < 4.78 is 0. The van der Waals surface area contributed by atoms with Gasteiger partial charge in [0.05, 0.1) is 0 Å². The molecule has 0 amide bonds. The summed E-state index contributed by atoms with van der Waals surface area (Å²) in [6.07, 6.45) is 6.90. The summed E-state index contributed by atoms with van der Waals surface area (Å²) in [6, 6.07) is 0. The minimum absolute atomic E-state index is 0.502. The van der Waals surface area contributed by atoms with Gasteiger partial charge in [0.25, 0.3) is 0 Å². The maximum Gasteiger partial charge on any atom is 0.143 e. The van der Waals surface area contributed by atoms with Crippen molar-refractivity contribution in [2.45, 2.75) is 41.5 Å². The predicted octanol–water partition coefficient (Wildman–Crippen LogP) is 4.32. The third-order valence-electron chi connectivity index (χ3n) is 2.25. The maximum atomic E-state index is 10.7. The van der Waals surface area contributed by atoms with Gasteiger partial charge in [0.1, 0.15) is 6.29 Å². The van der Waals surface area contributed by atoms with Crippen molar-refractivity contribution in [3.05, 3.63) is 34.9 Å². The van der Waals surface area contributed by atoms with Crippen LogP contribution in [-0.2, 0) is 4.79 Å². The molecule has 0 aliphatic rings. The fourth-order valence-electron chi connectivity index (χ4n) is 1.82. The summed E-state index contributed by atoms with van der Waals surface area (Å²) in [5.74, 6) is 1.00. The summed E-state index contributed by atoms with van der Waals surface area (Å²) in [5.41, 5.74) is 3.41. The van der Waals surface area contributed by atoms with Crippen molar-refractivity contribution in [2.24, 2.45) is 11.8 Å². The van der Waals surface area contributed by atoms with Crippen LogP contribution in [0.3, 0.4) is 0 Å². The van der Waals surface area contributed by atoms with E-state index < -0.39 is 0 Å². The Labute approximate surface area is 99.9 Å². The quantitative estimate of drug-likeness (QED) is 0.383. The largest absolute Gasteiger partial charge is 0.299 e. The van der Waals surface area contributed by atoms with Crippen LogP contribution in [0.25, 0.3) is 0 Å². The second-order valence-electron chi connectivity index (χ2n) is 4.90. The molecular formula is C15H24O. The van der Waals surface area contributed by atoms with Gasteiger partial charge in [-0.15, -0.1) is 0 Å². The van der Waals surface area contributed by atoms with Gasteiger partial charge >= 0.3 is 0 Å². The van der Waals surface area contributed by atoms with Gasteiger partial charge in [-0.25, -0.2) is 0 Å². The number of rotatable bonds is 5. The molecular weight excluding hydrogens is 196 g/mol. The first-order chi connectivity index (χ1) is 7.38. The van der Waals surface area contributed by atoms with E-state index in [1.54, 1.807) is 6.08 Å². The van der Waals surface area contributed by atoms with Gasteiger partial charge in [0.15, 0.2) is 0 Å². The average Bonchev–Trinajstić information content (AvgIpc) is 2.11. The standard InChI is InChI=1S/C15H24O/c1-11(2)9-13(5)15(7-8-16)14(6)10-12(3)4/h7-12H,1-6H3/b13-9+,14-10+. The zero-order valence-corrected chi connectivity index (χ0v) is 11.4. The monoisotopic (exact) mass is 220 g/mol. The topological polar surface area (TPSA) is 17.1 Å². The van der Waals surface area contributed by atoms with Gasteiger partial charge < -0.3 is 0 Å². The summed E-state index contributed by atoms with van der Waals surface area (Å²) >= 11 is 0. The molecule has 0 aromatic heterocycles. The molecule has 0 spiro atoms. The van der Waals surface area contributed by atoms with Crippen LogP contribution in [0.4, 0.5) is 0 Å². The Hall–Kier alpha value is -1.11. The fraction of sp³-hybridized carbons (Fsp3) is 0.533. The van der Waals surface area contributed by atoms with Crippen molar-refractivity contribution >= 4 is 6.29 Å². The first kappa shape index (κ1) is 14.9. The van der Waals surface area contributed by atoms with Crippen molar-refractivity contribution in [3.8, 4) is 0 Å².